The van der Waals surface area contributed by atoms with Crippen molar-refractivity contribution in [1.82, 2.24) is 25.2 Å². The van der Waals surface area contributed by atoms with Gasteiger partial charge in [-0.3, -0.25) is 28.8 Å². The summed E-state index contributed by atoms with van der Waals surface area (Å²) in [7, 11) is -3.84. The molecule has 2 saturated heterocycles. The number of nitrogens with zero attached hydrogens (tertiary/aromatic N) is 2. The minimum absolute atomic E-state index is 0.00469. The van der Waals surface area contributed by atoms with Gasteiger partial charge in [0.05, 0.1) is 11.8 Å². The molecule has 1 unspecified atom stereocenters. The van der Waals surface area contributed by atoms with Crippen LogP contribution in [0.1, 0.15) is 132 Å². The molecule has 14 heteroatoms. The normalized spacial score (nSPS) is 27.8. The van der Waals surface area contributed by atoms with Crippen LogP contribution in [0.5, 0.6) is 0 Å². The highest BCUT2D eigenvalue weighted by Crippen LogP contribution is 2.31. The molecule has 5 aliphatic rings. The van der Waals surface area contributed by atoms with E-state index >= 15 is 0 Å². The van der Waals surface area contributed by atoms with Crippen LogP contribution in [-0.2, 0) is 53.4 Å². The molecule has 5 amide bonds. The summed E-state index contributed by atoms with van der Waals surface area (Å²) in [6, 6.07) is 3.13. The molecule has 0 aromatic heterocycles. The molecule has 52 heavy (non-hydrogen) atoms. The maximum Gasteiger partial charge on any atom is 0.410 e. The zero-order valence-electron chi connectivity index (χ0n) is 30.2. The van der Waals surface area contributed by atoms with E-state index < -0.39 is 63.3 Å². The third kappa shape index (κ3) is 9.84. The van der Waals surface area contributed by atoms with Crippen molar-refractivity contribution < 1.29 is 37.1 Å². The quantitative estimate of drug-likeness (QED) is 0.416. The third-order valence-electron chi connectivity index (χ3n) is 11.3. The molecule has 3 N–H and O–H groups in total. The molecule has 1 saturated carbocycles. The number of carbonyl (C=O) groups excluding carboxylic acids is 5. The maximum absolute atomic E-state index is 14.3. The summed E-state index contributed by atoms with van der Waals surface area (Å²) < 4.78 is 33.5. The zero-order valence-corrected chi connectivity index (χ0v) is 31.1. The highest BCUT2D eigenvalue weighted by Gasteiger charge is 2.45. The molecule has 286 valence electrons. The monoisotopic (exact) mass is 741 g/mol. The molecular weight excluding hydrogens is 687 g/mol. The summed E-state index contributed by atoms with van der Waals surface area (Å²) in [4.78, 5) is 71.6. The lowest BCUT2D eigenvalue weighted by Crippen LogP contribution is -2.56. The fraction of sp³-hybridized carbons (Fsp3) is 0.711. The van der Waals surface area contributed by atoms with Gasteiger partial charge in [-0.2, -0.15) is 0 Å². The minimum atomic E-state index is -3.84. The Morgan fingerprint density at radius 2 is 1.42 bits per heavy atom. The molecule has 1 aromatic rings. The number of aryl methyl sites for hydroxylation is 1. The molecule has 13 nitrogen and oxygen atoms in total. The Labute approximate surface area is 307 Å². The van der Waals surface area contributed by atoms with E-state index in [1.54, 1.807) is 4.90 Å². The Hall–Kier alpha value is -3.68. The number of sulfonamides is 1. The third-order valence-corrected chi connectivity index (χ3v) is 13.1. The van der Waals surface area contributed by atoms with Crippen LogP contribution in [0.2, 0.25) is 0 Å². The van der Waals surface area contributed by atoms with Gasteiger partial charge >= 0.3 is 6.09 Å². The molecule has 6 rings (SSSR count). The van der Waals surface area contributed by atoms with Crippen molar-refractivity contribution >= 4 is 39.7 Å². The van der Waals surface area contributed by atoms with Gasteiger partial charge in [0.1, 0.15) is 24.2 Å². The SMILES string of the molecule is O=C1CCCCCCCCc2cccc3c2CN(C3)C(=O)O[C@@H]2C[C@H]3C(=O)NC(C(=O)NS(=O)(=O)C4CC4)CCCCCCCC[C@H](N1)C(=O)N3C2. The molecule has 0 spiro atoms. The second kappa shape index (κ2) is 17.4. The van der Waals surface area contributed by atoms with Crippen LogP contribution in [0.15, 0.2) is 18.2 Å². The number of carbonyl (C=O) groups is 5. The number of benzene rings is 1. The molecule has 4 aliphatic heterocycles. The summed E-state index contributed by atoms with van der Waals surface area (Å²) in [6.07, 6.45) is 12.2. The number of nitrogens with one attached hydrogen (secondary N) is 3. The summed E-state index contributed by atoms with van der Waals surface area (Å²) in [5.74, 6) is -2.04. The smallest absolute Gasteiger partial charge is 0.410 e. The standard InChI is InChI=1S/C38H55N5O8S/c44-34-19-12-8-4-1-5-9-14-26-15-13-16-27-23-42(25-30(26)27)38(48)51-28-22-33-36(46)40-31(35(45)41-52(49,50)29-20-21-29)17-10-6-2-3-7-11-18-32(39-34)37(47)43(33)24-28/h13,15-16,28-29,31-33H,1-12,14,17-25H2,(H,39,44)(H,40,46)(H,41,45)/t28-,31?,32+,33+/m1/s1. The van der Waals surface area contributed by atoms with Gasteiger partial charge in [-0.25, -0.2) is 13.2 Å². The Morgan fingerprint density at radius 3 is 2.15 bits per heavy atom. The largest absolute Gasteiger partial charge is 0.444 e. The van der Waals surface area contributed by atoms with Gasteiger partial charge in [0.25, 0.3) is 5.91 Å². The summed E-state index contributed by atoms with van der Waals surface area (Å²) >= 11 is 0. The molecule has 4 atom stereocenters. The molecule has 1 aliphatic carbocycles. The molecule has 3 fully saturated rings. The highest BCUT2D eigenvalue weighted by atomic mass is 32.2. The van der Waals surface area contributed by atoms with Gasteiger partial charge in [0.2, 0.25) is 27.7 Å². The van der Waals surface area contributed by atoms with Gasteiger partial charge in [0.15, 0.2) is 0 Å². The Morgan fingerprint density at radius 1 is 0.769 bits per heavy atom. The van der Waals surface area contributed by atoms with E-state index in [1.807, 2.05) is 12.1 Å². The van der Waals surface area contributed by atoms with Gasteiger partial charge in [-0.1, -0.05) is 82.4 Å². The van der Waals surface area contributed by atoms with Gasteiger partial charge in [-0.15, -0.1) is 0 Å². The molecule has 4 heterocycles. The number of amides is 5. The lowest BCUT2D eigenvalue weighted by Gasteiger charge is -2.29. The predicted molar refractivity (Wildman–Crippen MR) is 193 cm³/mol. The zero-order chi connectivity index (χ0) is 36.7. The van der Waals surface area contributed by atoms with Crippen molar-refractivity contribution in [3.8, 4) is 0 Å². The molecule has 0 radical (unpaired) electrons. The van der Waals surface area contributed by atoms with E-state index in [4.69, 9.17) is 4.74 Å². The minimum Gasteiger partial charge on any atom is -0.444 e. The van der Waals surface area contributed by atoms with Gasteiger partial charge < -0.3 is 20.3 Å². The fourth-order valence-corrected chi connectivity index (χ4v) is 9.44. The lowest BCUT2D eigenvalue weighted by atomic mass is 9.98. The van der Waals surface area contributed by atoms with Crippen molar-refractivity contribution in [1.29, 1.82) is 0 Å². The van der Waals surface area contributed by atoms with Crippen molar-refractivity contribution in [2.45, 2.75) is 165 Å². The maximum atomic E-state index is 14.3. The van der Waals surface area contributed by atoms with Crippen LogP contribution < -0.4 is 15.4 Å². The van der Waals surface area contributed by atoms with Gasteiger partial charge in [0, 0.05) is 25.9 Å². The van der Waals surface area contributed by atoms with Gasteiger partial charge in [-0.05, 0) is 61.6 Å². The van der Waals surface area contributed by atoms with E-state index in [9.17, 15) is 32.4 Å². The highest BCUT2D eigenvalue weighted by molar-refractivity contribution is 7.90. The van der Waals surface area contributed by atoms with E-state index in [-0.39, 0.29) is 25.3 Å². The fourth-order valence-electron chi connectivity index (χ4n) is 8.09. The van der Waals surface area contributed by atoms with Crippen molar-refractivity contribution in [2.24, 2.45) is 0 Å². The number of fused-ring (bicyclic) bond motifs is 3. The summed E-state index contributed by atoms with van der Waals surface area (Å²) in [5.41, 5.74) is 3.48. The second-order valence-electron chi connectivity index (χ2n) is 15.4. The van der Waals surface area contributed by atoms with Crippen LogP contribution in [-0.4, -0.2) is 84.0 Å². The molecule has 5 bridgehead atoms. The first kappa shape index (κ1) is 38.1. The number of rotatable bonds is 3. The topological polar surface area (TPSA) is 171 Å². The average Bonchev–Trinajstić information content (AvgIpc) is 3.76. The summed E-state index contributed by atoms with van der Waals surface area (Å²) in [5, 5.41) is 5.13. The second-order valence-corrected chi connectivity index (χ2v) is 17.3. The number of hydrogen-bond acceptors (Lipinski definition) is 8. The first-order valence-electron chi connectivity index (χ1n) is 19.6. The van der Waals surface area contributed by atoms with Crippen LogP contribution in [0, 0.1) is 0 Å². The van der Waals surface area contributed by atoms with Crippen LogP contribution >= 0.6 is 0 Å². The van der Waals surface area contributed by atoms with Crippen LogP contribution in [0.3, 0.4) is 0 Å². The first-order valence-corrected chi connectivity index (χ1v) is 21.1. The molecular formula is C38H55N5O8S. The number of hydrogen-bond donors (Lipinski definition) is 3. The van der Waals surface area contributed by atoms with E-state index in [2.05, 4.69) is 21.4 Å². The van der Waals surface area contributed by atoms with Crippen molar-refractivity contribution in [3.63, 3.8) is 0 Å². The predicted octanol–water partition coefficient (Wildman–Crippen LogP) is 4.11. The van der Waals surface area contributed by atoms with Crippen molar-refractivity contribution in [2.75, 3.05) is 6.54 Å². The van der Waals surface area contributed by atoms with Crippen LogP contribution in [0.25, 0.3) is 0 Å². The number of ether oxygens (including phenoxy) is 1. The Bertz CT molecular complexity index is 1600. The van der Waals surface area contributed by atoms with E-state index in [1.165, 1.54) is 10.5 Å². The Kier molecular flexibility index (Phi) is 12.8. The average molecular weight is 742 g/mol. The Balaban J connectivity index is 1.25. The van der Waals surface area contributed by atoms with Crippen molar-refractivity contribution in [3.05, 3.63) is 34.9 Å². The van der Waals surface area contributed by atoms with E-state index in [0.717, 1.165) is 81.8 Å². The lowest BCUT2D eigenvalue weighted by molar-refractivity contribution is -0.142. The first-order chi connectivity index (χ1) is 25.1. The van der Waals surface area contributed by atoms with Crippen LogP contribution in [0.4, 0.5) is 4.79 Å². The summed E-state index contributed by atoms with van der Waals surface area (Å²) in [6.45, 7) is 0.794. The van der Waals surface area contributed by atoms with E-state index in [0.29, 0.717) is 51.6 Å². The molecule has 1 aromatic carbocycles.